The van der Waals surface area contributed by atoms with E-state index in [2.05, 4.69) is 5.32 Å². The Hall–Kier alpha value is -1.53. The maximum atomic E-state index is 13.2. The first-order valence-electron chi connectivity index (χ1n) is 10.3. The monoisotopic (exact) mass is 419 g/mol. The van der Waals surface area contributed by atoms with Crippen molar-refractivity contribution in [3.63, 3.8) is 0 Å². The van der Waals surface area contributed by atoms with E-state index >= 15 is 0 Å². The first-order valence-corrected chi connectivity index (χ1v) is 11.6. The van der Waals surface area contributed by atoms with Crippen molar-refractivity contribution in [2.24, 2.45) is 0 Å². The molecule has 2 aliphatic carbocycles. The molecule has 1 N–H and O–H groups in total. The van der Waals surface area contributed by atoms with Gasteiger partial charge in [0.1, 0.15) is 0 Å². The Balaban J connectivity index is 1.62. The molecule has 0 unspecified atom stereocenters. The van der Waals surface area contributed by atoms with Gasteiger partial charge >= 0.3 is 0 Å². The molecule has 0 bridgehead atoms. The van der Waals surface area contributed by atoms with E-state index in [1.54, 1.807) is 18.2 Å². The number of nitrogens with zero attached hydrogens (tertiary/aromatic N) is 2. The molecule has 0 spiro atoms. The lowest BCUT2D eigenvalue weighted by atomic mass is 9.95. The smallest absolute Gasteiger partial charge is 0.262 e. The maximum Gasteiger partial charge on any atom is 0.262 e. The number of rotatable bonds is 5. The number of carbonyl (C=O) groups excluding carboxylic acids is 1. The van der Waals surface area contributed by atoms with Crippen molar-refractivity contribution < 1.29 is 4.79 Å². The zero-order chi connectivity index (χ0) is 19.5. The van der Waals surface area contributed by atoms with Crippen LogP contribution in [-0.4, -0.2) is 27.3 Å². The minimum absolute atomic E-state index is 0.0209. The van der Waals surface area contributed by atoms with E-state index in [4.69, 9.17) is 16.6 Å². The molecule has 2 aromatic rings. The SMILES string of the molecule is O=C(CSc1nc2cc(Cl)ccc2c(=O)n1C1CCCCC1)NC1CCCC1. The van der Waals surface area contributed by atoms with E-state index in [-0.39, 0.29) is 23.3 Å². The minimum atomic E-state index is -0.0210. The average Bonchev–Trinajstić information content (AvgIpc) is 3.20. The molecule has 4 rings (SSSR count). The van der Waals surface area contributed by atoms with Crippen LogP contribution in [0.5, 0.6) is 0 Å². The van der Waals surface area contributed by atoms with Crippen LogP contribution in [0.2, 0.25) is 5.02 Å². The van der Waals surface area contributed by atoms with Gasteiger partial charge in [-0.15, -0.1) is 0 Å². The molecule has 2 saturated carbocycles. The Morgan fingerprint density at radius 3 is 2.61 bits per heavy atom. The molecule has 0 aliphatic heterocycles. The van der Waals surface area contributed by atoms with Crippen molar-refractivity contribution in [3.05, 3.63) is 33.6 Å². The second kappa shape index (κ2) is 8.87. The fourth-order valence-corrected chi connectivity index (χ4v) is 5.43. The van der Waals surface area contributed by atoms with Crippen molar-refractivity contribution in [3.8, 4) is 0 Å². The molecule has 1 amide bonds. The van der Waals surface area contributed by atoms with Crippen LogP contribution < -0.4 is 10.9 Å². The Morgan fingerprint density at radius 1 is 1.14 bits per heavy atom. The van der Waals surface area contributed by atoms with Crippen LogP contribution in [0.4, 0.5) is 0 Å². The number of carbonyl (C=O) groups is 1. The van der Waals surface area contributed by atoms with Gasteiger partial charge in [0.15, 0.2) is 5.16 Å². The fraction of sp³-hybridized carbons (Fsp3) is 0.571. The Kier molecular flexibility index (Phi) is 6.26. The molecule has 28 heavy (non-hydrogen) atoms. The molecule has 0 radical (unpaired) electrons. The molecule has 2 fully saturated rings. The number of nitrogens with one attached hydrogen (secondary N) is 1. The highest BCUT2D eigenvalue weighted by Crippen LogP contribution is 2.31. The van der Waals surface area contributed by atoms with Crippen LogP contribution in [0.3, 0.4) is 0 Å². The number of thioether (sulfide) groups is 1. The van der Waals surface area contributed by atoms with Crippen LogP contribution >= 0.6 is 23.4 Å². The van der Waals surface area contributed by atoms with Crippen molar-refractivity contribution in [2.75, 3.05) is 5.75 Å². The summed E-state index contributed by atoms with van der Waals surface area (Å²) in [5.41, 5.74) is 0.579. The highest BCUT2D eigenvalue weighted by Gasteiger charge is 2.23. The zero-order valence-corrected chi connectivity index (χ0v) is 17.5. The summed E-state index contributed by atoms with van der Waals surface area (Å²) in [6.07, 6.45) is 9.95. The molecule has 150 valence electrons. The van der Waals surface area contributed by atoms with Gasteiger partial charge < -0.3 is 5.32 Å². The Bertz CT molecular complexity index is 918. The van der Waals surface area contributed by atoms with Gasteiger partial charge in [-0.1, -0.05) is 55.5 Å². The normalized spacial score (nSPS) is 18.6. The van der Waals surface area contributed by atoms with Gasteiger partial charge in [-0.05, 0) is 43.9 Å². The van der Waals surface area contributed by atoms with Gasteiger partial charge in [0, 0.05) is 17.1 Å². The summed E-state index contributed by atoms with van der Waals surface area (Å²) in [5, 5.41) is 4.90. The maximum absolute atomic E-state index is 13.2. The molecule has 7 heteroatoms. The van der Waals surface area contributed by atoms with Crippen molar-refractivity contribution in [1.29, 1.82) is 0 Å². The second-order valence-corrected chi connectivity index (χ2v) is 9.24. The summed E-state index contributed by atoms with van der Waals surface area (Å²) in [6, 6.07) is 5.69. The van der Waals surface area contributed by atoms with Crippen LogP contribution in [0.1, 0.15) is 63.8 Å². The number of hydrogen-bond acceptors (Lipinski definition) is 4. The second-order valence-electron chi connectivity index (χ2n) is 7.86. The van der Waals surface area contributed by atoms with Crippen molar-refractivity contribution >= 4 is 40.2 Å². The largest absolute Gasteiger partial charge is 0.353 e. The van der Waals surface area contributed by atoms with Gasteiger partial charge in [-0.2, -0.15) is 0 Å². The van der Waals surface area contributed by atoms with E-state index in [9.17, 15) is 9.59 Å². The summed E-state index contributed by atoms with van der Waals surface area (Å²) in [4.78, 5) is 30.4. The first kappa shape index (κ1) is 19.8. The van der Waals surface area contributed by atoms with Crippen LogP contribution in [0.15, 0.2) is 28.2 Å². The summed E-state index contributed by atoms with van der Waals surface area (Å²) < 4.78 is 1.84. The summed E-state index contributed by atoms with van der Waals surface area (Å²) >= 11 is 7.48. The van der Waals surface area contributed by atoms with Gasteiger partial charge in [0.25, 0.3) is 5.56 Å². The molecule has 2 aliphatic rings. The molecule has 0 atom stereocenters. The lowest BCUT2D eigenvalue weighted by Crippen LogP contribution is -2.34. The molecule has 5 nitrogen and oxygen atoms in total. The molecule has 0 saturated heterocycles. The molecular formula is C21H26ClN3O2S. The van der Waals surface area contributed by atoms with Gasteiger partial charge in [0.2, 0.25) is 5.91 Å². The number of amides is 1. The van der Waals surface area contributed by atoms with Gasteiger partial charge in [-0.3, -0.25) is 14.2 Å². The third-order valence-electron chi connectivity index (χ3n) is 5.82. The first-order chi connectivity index (χ1) is 13.6. The van der Waals surface area contributed by atoms with E-state index in [0.717, 1.165) is 38.5 Å². The zero-order valence-electron chi connectivity index (χ0n) is 16.0. The summed E-state index contributed by atoms with van der Waals surface area (Å²) in [6.45, 7) is 0. The number of aromatic nitrogens is 2. The summed E-state index contributed by atoms with van der Waals surface area (Å²) in [7, 11) is 0. The lowest BCUT2D eigenvalue weighted by molar-refractivity contribution is -0.119. The topological polar surface area (TPSA) is 64.0 Å². The standard InChI is InChI=1S/C21H26ClN3O2S/c22-14-10-11-17-18(12-14)24-21(25(20(17)27)16-8-2-1-3-9-16)28-13-19(26)23-15-6-4-5-7-15/h10-12,15-16H,1-9,13H2,(H,23,26). The summed E-state index contributed by atoms with van der Waals surface area (Å²) in [5.74, 6) is 0.300. The Labute approximate surface area is 174 Å². The molecule has 1 heterocycles. The van der Waals surface area contributed by atoms with Gasteiger partial charge in [-0.25, -0.2) is 4.98 Å². The van der Waals surface area contributed by atoms with E-state index < -0.39 is 0 Å². The number of benzene rings is 1. The van der Waals surface area contributed by atoms with Gasteiger partial charge in [0.05, 0.1) is 16.7 Å². The van der Waals surface area contributed by atoms with E-state index in [1.165, 1.54) is 31.0 Å². The van der Waals surface area contributed by atoms with E-state index in [1.807, 2.05) is 4.57 Å². The minimum Gasteiger partial charge on any atom is -0.353 e. The predicted molar refractivity (Wildman–Crippen MR) is 114 cm³/mol. The average molecular weight is 420 g/mol. The molecule has 1 aromatic heterocycles. The fourth-order valence-electron chi connectivity index (χ4n) is 4.38. The Morgan fingerprint density at radius 2 is 1.86 bits per heavy atom. The quantitative estimate of drug-likeness (QED) is 0.563. The molecule has 1 aromatic carbocycles. The third kappa shape index (κ3) is 4.38. The third-order valence-corrected chi connectivity index (χ3v) is 7.01. The number of hydrogen-bond donors (Lipinski definition) is 1. The highest BCUT2D eigenvalue weighted by atomic mass is 35.5. The number of halogens is 1. The number of fused-ring (bicyclic) bond motifs is 1. The van der Waals surface area contributed by atoms with Crippen molar-refractivity contribution in [2.45, 2.75) is 75.0 Å². The van der Waals surface area contributed by atoms with Crippen LogP contribution in [0.25, 0.3) is 10.9 Å². The van der Waals surface area contributed by atoms with Crippen molar-refractivity contribution in [1.82, 2.24) is 14.9 Å². The lowest BCUT2D eigenvalue weighted by Gasteiger charge is -2.26. The highest BCUT2D eigenvalue weighted by molar-refractivity contribution is 7.99. The molecular weight excluding hydrogens is 394 g/mol. The van der Waals surface area contributed by atoms with Crippen LogP contribution in [-0.2, 0) is 4.79 Å². The van der Waals surface area contributed by atoms with Crippen LogP contribution in [0, 0.1) is 0 Å². The van der Waals surface area contributed by atoms with E-state index in [0.29, 0.717) is 27.1 Å². The predicted octanol–water partition coefficient (Wildman–Crippen LogP) is 4.71.